The van der Waals surface area contributed by atoms with Gasteiger partial charge in [-0.25, -0.2) is 13.1 Å². The molecule has 0 aliphatic carbocycles. The molecule has 0 atom stereocenters. The van der Waals surface area contributed by atoms with Gasteiger partial charge in [0.15, 0.2) is 0 Å². The Labute approximate surface area is 99.5 Å². The molecule has 1 aromatic rings. The number of hydrogen-bond acceptors (Lipinski definition) is 3. The van der Waals surface area contributed by atoms with Gasteiger partial charge in [0, 0.05) is 22.2 Å². The molecule has 0 radical (unpaired) electrons. The fraction of sp³-hybridized carbons (Fsp3) is 0.556. The monoisotopic (exact) mass is 267 g/mol. The summed E-state index contributed by atoms with van der Waals surface area (Å²) in [7, 11) is -3.16. The van der Waals surface area contributed by atoms with E-state index in [1.807, 2.05) is 19.1 Å². The Morgan fingerprint density at radius 2 is 2.20 bits per heavy atom. The lowest BCUT2D eigenvalue weighted by Gasteiger charge is -2.03. The molecule has 15 heavy (non-hydrogen) atoms. The highest BCUT2D eigenvalue weighted by Crippen LogP contribution is 2.14. The number of aryl methyl sites for hydroxylation is 1. The van der Waals surface area contributed by atoms with Crippen molar-refractivity contribution in [2.24, 2.45) is 0 Å². The Balaban J connectivity index is 2.42. The molecule has 0 saturated carbocycles. The van der Waals surface area contributed by atoms with Crippen molar-refractivity contribution in [3.05, 3.63) is 21.9 Å². The van der Waals surface area contributed by atoms with Gasteiger partial charge in [-0.2, -0.15) is 0 Å². The zero-order valence-electron chi connectivity index (χ0n) is 8.49. The number of thiophene rings is 1. The number of hydrogen-bond donors (Lipinski definition) is 1. The first-order valence-electron chi connectivity index (χ1n) is 4.62. The molecular formula is C9H14ClNO2S2. The van der Waals surface area contributed by atoms with Gasteiger partial charge >= 0.3 is 0 Å². The van der Waals surface area contributed by atoms with Crippen molar-refractivity contribution in [1.82, 2.24) is 4.72 Å². The van der Waals surface area contributed by atoms with Gasteiger partial charge in [-0.1, -0.05) is 0 Å². The number of rotatable bonds is 6. The molecule has 0 aromatic carbocycles. The maximum Gasteiger partial charge on any atom is 0.211 e. The highest BCUT2D eigenvalue weighted by Gasteiger charge is 2.09. The first-order valence-corrected chi connectivity index (χ1v) is 7.62. The van der Waals surface area contributed by atoms with Gasteiger partial charge in [-0.3, -0.25) is 0 Å². The van der Waals surface area contributed by atoms with E-state index in [1.165, 1.54) is 4.88 Å². The molecule has 0 fully saturated rings. The predicted molar refractivity (Wildman–Crippen MR) is 65.0 cm³/mol. The highest BCUT2D eigenvalue weighted by molar-refractivity contribution is 7.89. The molecule has 6 heteroatoms. The van der Waals surface area contributed by atoms with Gasteiger partial charge in [0.05, 0.1) is 5.75 Å². The second kappa shape index (κ2) is 5.84. The van der Waals surface area contributed by atoms with Gasteiger partial charge in [0.25, 0.3) is 0 Å². The SMILES string of the molecule is Cc1ccc(CNS(=O)(=O)CCCCl)s1. The van der Waals surface area contributed by atoms with Gasteiger partial charge in [0.1, 0.15) is 0 Å². The summed E-state index contributed by atoms with van der Waals surface area (Å²) in [5.74, 6) is 0.472. The summed E-state index contributed by atoms with van der Waals surface area (Å²) in [6.07, 6.45) is 0.486. The molecular weight excluding hydrogens is 254 g/mol. The smallest absolute Gasteiger partial charge is 0.211 e. The normalized spacial score (nSPS) is 11.9. The molecule has 1 N–H and O–H groups in total. The Hall–Kier alpha value is -0.100. The molecule has 0 aliphatic heterocycles. The van der Waals surface area contributed by atoms with E-state index < -0.39 is 10.0 Å². The van der Waals surface area contributed by atoms with E-state index in [1.54, 1.807) is 11.3 Å². The van der Waals surface area contributed by atoms with Crippen molar-refractivity contribution in [3.8, 4) is 0 Å². The van der Waals surface area contributed by atoms with E-state index in [0.717, 1.165) is 4.88 Å². The van der Waals surface area contributed by atoms with Crippen LogP contribution in [0.1, 0.15) is 16.2 Å². The average molecular weight is 268 g/mol. The summed E-state index contributed by atoms with van der Waals surface area (Å²) in [5, 5.41) is 0. The standard InChI is InChI=1S/C9H14ClNO2S2/c1-8-3-4-9(14-8)7-11-15(12,13)6-2-5-10/h3-4,11H,2,5-7H2,1H3. The lowest BCUT2D eigenvalue weighted by atomic mass is 10.4. The van der Waals surface area contributed by atoms with Crippen molar-refractivity contribution in [2.45, 2.75) is 19.9 Å². The molecule has 0 spiro atoms. The summed E-state index contributed by atoms with van der Waals surface area (Å²) in [4.78, 5) is 2.21. The van der Waals surface area contributed by atoms with Crippen LogP contribution in [0.2, 0.25) is 0 Å². The summed E-state index contributed by atoms with van der Waals surface area (Å²) in [5.41, 5.74) is 0. The van der Waals surface area contributed by atoms with Crippen LogP contribution in [-0.2, 0) is 16.6 Å². The van der Waals surface area contributed by atoms with Crippen molar-refractivity contribution >= 4 is 33.0 Å². The lowest BCUT2D eigenvalue weighted by molar-refractivity contribution is 0.580. The Morgan fingerprint density at radius 1 is 1.47 bits per heavy atom. The van der Waals surface area contributed by atoms with E-state index in [2.05, 4.69) is 4.72 Å². The largest absolute Gasteiger partial charge is 0.212 e. The van der Waals surface area contributed by atoms with Crippen LogP contribution >= 0.6 is 22.9 Å². The van der Waals surface area contributed by atoms with Crippen LogP contribution in [0.4, 0.5) is 0 Å². The minimum absolute atomic E-state index is 0.0981. The zero-order valence-corrected chi connectivity index (χ0v) is 10.9. The topological polar surface area (TPSA) is 46.2 Å². The maximum atomic E-state index is 11.4. The van der Waals surface area contributed by atoms with Gasteiger partial charge in [-0.05, 0) is 25.5 Å². The zero-order chi connectivity index (χ0) is 11.3. The maximum absolute atomic E-state index is 11.4. The third kappa shape index (κ3) is 4.97. The fourth-order valence-corrected chi connectivity index (χ4v) is 3.34. The average Bonchev–Trinajstić information content (AvgIpc) is 2.59. The quantitative estimate of drug-likeness (QED) is 0.803. The van der Waals surface area contributed by atoms with Gasteiger partial charge < -0.3 is 0 Å². The molecule has 0 unspecified atom stereocenters. The lowest BCUT2D eigenvalue weighted by Crippen LogP contribution is -2.25. The molecule has 0 aliphatic rings. The van der Waals surface area contributed by atoms with Crippen LogP contribution in [0.5, 0.6) is 0 Å². The second-order valence-electron chi connectivity index (χ2n) is 3.19. The molecule has 0 saturated heterocycles. The van der Waals surface area contributed by atoms with Crippen LogP contribution in [-0.4, -0.2) is 20.1 Å². The van der Waals surface area contributed by atoms with Crippen LogP contribution in [0.15, 0.2) is 12.1 Å². The molecule has 1 heterocycles. The summed E-state index contributed by atoms with van der Waals surface area (Å²) < 4.78 is 25.4. The third-order valence-corrected chi connectivity index (χ3v) is 4.49. The molecule has 0 bridgehead atoms. The van der Waals surface area contributed by atoms with Gasteiger partial charge in [-0.15, -0.1) is 22.9 Å². The number of alkyl halides is 1. The Kier molecular flexibility index (Phi) is 5.05. The predicted octanol–water partition coefficient (Wildman–Crippen LogP) is 2.10. The molecule has 3 nitrogen and oxygen atoms in total. The van der Waals surface area contributed by atoms with E-state index in [0.29, 0.717) is 18.8 Å². The summed E-state index contributed by atoms with van der Waals surface area (Å²) in [6, 6.07) is 3.91. The third-order valence-electron chi connectivity index (χ3n) is 1.81. The van der Waals surface area contributed by atoms with Crippen molar-refractivity contribution in [3.63, 3.8) is 0 Å². The number of sulfonamides is 1. The number of halogens is 1. The van der Waals surface area contributed by atoms with E-state index in [-0.39, 0.29) is 5.75 Å². The van der Waals surface area contributed by atoms with Crippen molar-refractivity contribution in [1.29, 1.82) is 0 Å². The van der Waals surface area contributed by atoms with Crippen molar-refractivity contribution < 1.29 is 8.42 Å². The van der Waals surface area contributed by atoms with Crippen LogP contribution in [0, 0.1) is 6.92 Å². The molecule has 1 aromatic heterocycles. The molecule has 1 rings (SSSR count). The van der Waals surface area contributed by atoms with Crippen LogP contribution in [0.25, 0.3) is 0 Å². The second-order valence-corrected chi connectivity index (χ2v) is 6.87. The van der Waals surface area contributed by atoms with E-state index in [4.69, 9.17) is 11.6 Å². The first kappa shape index (κ1) is 13.0. The van der Waals surface area contributed by atoms with Crippen LogP contribution < -0.4 is 4.72 Å². The minimum atomic E-state index is -3.16. The number of nitrogens with one attached hydrogen (secondary N) is 1. The molecule has 0 amide bonds. The first-order chi connectivity index (χ1) is 7.03. The Morgan fingerprint density at radius 3 is 2.73 bits per heavy atom. The van der Waals surface area contributed by atoms with Gasteiger partial charge in [0.2, 0.25) is 10.0 Å². The van der Waals surface area contributed by atoms with Crippen molar-refractivity contribution in [2.75, 3.05) is 11.6 Å². The molecule has 86 valence electrons. The summed E-state index contributed by atoms with van der Waals surface area (Å²) in [6.45, 7) is 2.37. The fourth-order valence-electron chi connectivity index (χ4n) is 1.08. The minimum Gasteiger partial charge on any atom is -0.212 e. The van der Waals surface area contributed by atoms with E-state index >= 15 is 0 Å². The Bertz CT molecular complexity index is 400. The summed E-state index contributed by atoms with van der Waals surface area (Å²) >= 11 is 7.04. The highest BCUT2D eigenvalue weighted by atomic mass is 35.5. The van der Waals surface area contributed by atoms with Crippen LogP contribution in [0.3, 0.4) is 0 Å². The van der Waals surface area contributed by atoms with E-state index in [9.17, 15) is 8.42 Å².